The van der Waals surface area contributed by atoms with E-state index in [2.05, 4.69) is 5.32 Å². The van der Waals surface area contributed by atoms with Crippen LogP contribution in [0, 0.1) is 0 Å². The SMILES string of the molecule is NC(=O)COc1ccc(C(=O)NCCc2ccco2)cc1. The van der Waals surface area contributed by atoms with Crippen LogP contribution in [-0.4, -0.2) is 25.0 Å². The second-order valence-electron chi connectivity index (χ2n) is 4.36. The Bertz CT molecular complexity index is 591. The molecule has 2 amide bonds. The van der Waals surface area contributed by atoms with Gasteiger partial charge in [-0.2, -0.15) is 0 Å². The molecule has 0 fully saturated rings. The van der Waals surface area contributed by atoms with Gasteiger partial charge in [0.1, 0.15) is 11.5 Å². The molecule has 21 heavy (non-hydrogen) atoms. The summed E-state index contributed by atoms with van der Waals surface area (Å²) in [6, 6.07) is 10.1. The molecule has 0 saturated carbocycles. The van der Waals surface area contributed by atoms with Gasteiger partial charge in [-0.3, -0.25) is 9.59 Å². The summed E-state index contributed by atoms with van der Waals surface area (Å²) in [4.78, 5) is 22.5. The van der Waals surface area contributed by atoms with Gasteiger partial charge in [0.05, 0.1) is 6.26 Å². The van der Waals surface area contributed by atoms with Crippen molar-refractivity contribution in [1.29, 1.82) is 0 Å². The molecule has 2 aromatic rings. The fraction of sp³-hybridized carbons (Fsp3) is 0.200. The predicted octanol–water partition coefficient (Wildman–Crippen LogP) is 1.12. The summed E-state index contributed by atoms with van der Waals surface area (Å²) in [5, 5.41) is 2.79. The molecule has 1 aromatic carbocycles. The zero-order valence-corrected chi connectivity index (χ0v) is 11.4. The lowest BCUT2D eigenvalue weighted by Gasteiger charge is -2.06. The highest BCUT2D eigenvalue weighted by Crippen LogP contribution is 2.12. The second kappa shape index (κ2) is 7.14. The second-order valence-corrected chi connectivity index (χ2v) is 4.36. The fourth-order valence-corrected chi connectivity index (χ4v) is 1.71. The quantitative estimate of drug-likeness (QED) is 0.798. The van der Waals surface area contributed by atoms with Crippen molar-refractivity contribution in [3.05, 3.63) is 54.0 Å². The third kappa shape index (κ3) is 4.68. The molecule has 1 heterocycles. The molecule has 0 unspecified atom stereocenters. The maximum atomic E-state index is 11.9. The van der Waals surface area contributed by atoms with E-state index in [0.717, 1.165) is 5.76 Å². The smallest absolute Gasteiger partial charge is 0.255 e. The van der Waals surface area contributed by atoms with Crippen molar-refractivity contribution in [2.24, 2.45) is 5.73 Å². The zero-order valence-electron chi connectivity index (χ0n) is 11.4. The van der Waals surface area contributed by atoms with Gasteiger partial charge in [-0.15, -0.1) is 0 Å². The van der Waals surface area contributed by atoms with Crippen molar-refractivity contribution in [1.82, 2.24) is 5.32 Å². The number of benzene rings is 1. The van der Waals surface area contributed by atoms with Crippen LogP contribution in [-0.2, 0) is 11.2 Å². The topological polar surface area (TPSA) is 94.6 Å². The lowest BCUT2D eigenvalue weighted by atomic mass is 10.2. The number of primary amides is 1. The summed E-state index contributed by atoms with van der Waals surface area (Å²) in [5.74, 6) is 0.587. The number of nitrogens with one attached hydrogen (secondary N) is 1. The molecule has 0 aliphatic heterocycles. The molecule has 3 N–H and O–H groups in total. The Labute approximate surface area is 121 Å². The normalized spacial score (nSPS) is 10.1. The molecule has 0 aliphatic carbocycles. The van der Waals surface area contributed by atoms with Crippen molar-refractivity contribution in [2.45, 2.75) is 6.42 Å². The van der Waals surface area contributed by atoms with Gasteiger partial charge < -0.3 is 20.2 Å². The van der Waals surface area contributed by atoms with Crippen molar-refractivity contribution < 1.29 is 18.7 Å². The zero-order chi connectivity index (χ0) is 15.1. The Balaban J connectivity index is 1.80. The highest BCUT2D eigenvalue weighted by molar-refractivity contribution is 5.94. The third-order valence-electron chi connectivity index (χ3n) is 2.73. The van der Waals surface area contributed by atoms with E-state index in [0.29, 0.717) is 24.3 Å². The molecule has 0 radical (unpaired) electrons. The first kappa shape index (κ1) is 14.6. The number of carbonyl (C=O) groups is 2. The highest BCUT2D eigenvalue weighted by Gasteiger charge is 2.06. The minimum atomic E-state index is -0.547. The minimum absolute atomic E-state index is 0.178. The Hall–Kier alpha value is -2.76. The maximum absolute atomic E-state index is 11.9. The fourth-order valence-electron chi connectivity index (χ4n) is 1.71. The molecular weight excluding hydrogens is 272 g/mol. The number of amides is 2. The number of furan rings is 1. The molecule has 0 aliphatic rings. The van der Waals surface area contributed by atoms with Gasteiger partial charge >= 0.3 is 0 Å². The summed E-state index contributed by atoms with van der Waals surface area (Å²) in [7, 11) is 0. The van der Waals surface area contributed by atoms with Gasteiger partial charge in [-0.05, 0) is 36.4 Å². The van der Waals surface area contributed by atoms with E-state index < -0.39 is 5.91 Å². The number of ether oxygens (including phenoxy) is 1. The van der Waals surface area contributed by atoms with E-state index in [1.165, 1.54) is 0 Å². The van der Waals surface area contributed by atoms with Crippen LogP contribution < -0.4 is 15.8 Å². The third-order valence-corrected chi connectivity index (χ3v) is 2.73. The van der Waals surface area contributed by atoms with Gasteiger partial charge in [0.25, 0.3) is 11.8 Å². The first-order chi connectivity index (χ1) is 10.1. The Morgan fingerprint density at radius 2 is 1.95 bits per heavy atom. The Kier molecular flexibility index (Phi) is 4.98. The minimum Gasteiger partial charge on any atom is -0.484 e. The molecule has 1 aromatic heterocycles. The number of rotatable bonds is 7. The molecule has 0 bridgehead atoms. The van der Waals surface area contributed by atoms with Gasteiger partial charge in [-0.1, -0.05) is 0 Å². The summed E-state index contributed by atoms with van der Waals surface area (Å²) in [5.41, 5.74) is 5.49. The van der Waals surface area contributed by atoms with Crippen molar-refractivity contribution in [3.8, 4) is 5.75 Å². The van der Waals surface area contributed by atoms with Crippen LogP contribution in [0.2, 0.25) is 0 Å². The van der Waals surface area contributed by atoms with Crippen LogP contribution in [0.1, 0.15) is 16.1 Å². The lowest BCUT2D eigenvalue weighted by Crippen LogP contribution is -2.25. The van der Waals surface area contributed by atoms with Crippen LogP contribution in [0.5, 0.6) is 5.75 Å². The number of nitrogens with two attached hydrogens (primary N) is 1. The van der Waals surface area contributed by atoms with Gasteiger partial charge in [0.15, 0.2) is 6.61 Å². The van der Waals surface area contributed by atoms with Gasteiger partial charge in [0.2, 0.25) is 0 Å². The maximum Gasteiger partial charge on any atom is 0.255 e. The van der Waals surface area contributed by atoms with Crippen LogP contribution in [0.15, 0.2) is 47.1 Å². The number of hydrogen-bond donors (Lipinski definition) is 2. The van der Waals surface area contributed by atoms with E-state index in [4.69, 9.17) is 14.9 Å². The molecule has 6 nitrogen and oxygen atoms in total. The molecule has 2 rings (SSSR count). The highest BCUT2D eigenvalue weighted by atomic mass is 16.5. The summed E-state index contributed by atoms with van der Waals surface area (Å²) < 4.78 is 10.3. The largest absolute Gasteiger partial charge is 0.484 e. The van der Waals surface area contributed by atoms with Crippen molar-refractivity contribution in [3.63, 3.8) is 0 Å². The van der Waals surface area contributed by atoms with Crippen LogP contribution >= 0.6 is 0 Å². The molecular formula is C15H16N2O4. The molecule has 0 spiro atoms. The van der Waals surface area contributed by atoms with Gasteiger partial charge in [0, 0.05) is 18.5 Å². The van der Waals surface area contributed by atoms with E-state index in [-0.39, 0.29) is 12.5 Å². The Morgan fingerprint density at radius 3 is 2.57 bits per heavy atom. The molecule has 110 valence electrons. The first-order valence-corrected chi connectivity index (χ1v) is 6.47. The predicted molar refractivity (Wildman–Crippen MR) is 75.9 cm³/mol. The summed E-state index contributed by atoms with van der Waals surface area (Å²) in [6.45, 7) is 0.307. The number of hydrogen-bond acceptors (Lipinski definition) is 4. The average molecular weight is 288 g/mol. The average Bonchev–Trinajstić information content (AvgIpc) is 2.99. The van der Waals surface area contributed by atoms with Gasteiger partial charge in [-0.25, -0.2) is 0 Å². The monoisotopic (exact) mass is 288 g/mol. The van der Waals surface area contributed by atoms with E-state index >= 15 is 0 Å². The lowest BCUT2D eigenvalue weighted by molar-refractivity contribution is -0.119. The molecule has 6 heteroatoms. The van der Waals surface area contributed by atoms with E-state index in [1.54, 1.807) is 30.5 Å². The van der Waals surface area contributed by atoms with Crippen LogP contribution in [0.25, 0.3) is 0 Å². The molecule has 0 saturated heterocycles. The van der Waals surface area contributed by atoms with Crippen molar-refractivity contribution in [2.75, 3.05) is 13.2 Å². The summed E-state index contributed by atoms with van der Waals surface area (Å²) >= 11 is 0. The summed E-state index contributed by atoms with van der Waals surface area (Å²) in [6.07, 6.45) is 2.24. The number of carbonyl (C=O) groups excluding carboxylic acids is 2. The van der Waals surface area contributed by atoms with E-state index in [1.807, 2.05) is 12.1 Å². The van der Waals surface area contributed by atoms with Crippen LogP contribution in [0.3, 0.4) is 0 Å². The molecule has 0 atom stereocenters. The van der Waals surface area contributed by atoms with Crippen molar-refractivity contribution >= 4 is 11.8 Å². The first-order valence-electron chi connectivity index (χ1n) is 6.47. The van der Waals surface area contributed by atoms with Crippen LogP contribution in [0.4, 0.5) is 0 Å². The van der Waals surface area contributed by atoms with E-state index in [9.17, 15) is 9.59 Å². The standard InChI is InChI=1S/C15H16N2O4/c16-14(18)10-21-13-5-3-11(4-6-13)15(19)17-8-7-12-2-1-9-20-12/h1-6,9H,7-8,10H2,(H2,16,18)(H,17,19). The Morgan fingerprint density at radius 1 is 1.19 bits per heavy atom.